The molecule has 0 aliphatic carbocycles. The van der Waals surface area contributed by atoms with Gasteiger partial charge in [-0.2, -0.15) is 0 Å². The van der Waals surface area contributed by atoms with Crippen LogP contribution >= 0.6 is 0 Å². The number of hydrogen-bond donors (Lipinski definition) is 10. The Morgan fingerprint density at radius 3 is 0.957 bits per heavy atom. The Balaban J connectivity index is 4.96. The second-order valence-electron chi connectivity index (χ2n) is 19.2. The topological polar surface area (TPSA) is 261 Å². The number of aliphatic hydroxyl groups is 10. The number of aliphatic hydroxyl groups excluding tert-OH is 10. The average molecular weight is 1010 g/mol. The molecule has 0 radical (unpaired) electrons. The van der Waals surface area contributed by atoms with Crippen LogP contribution < -0.4 is 0 Å². The van der Waals surface area contributed by atoms with E-state index < -0.39 is 62.0 Å². The molecule has 0 spiro atoms. The van der Waals surface area contributed by atoms with Crippen molar-refractivity contribution in [2.75, 3.05) is 65.8 Å². The van der Waals surface area contributed by atoms with Crippen molar-refractivity contribution in [3.05, 3.63) is 24.3 Å². The second kappa shape index (κ2) is 47.9. The van der Waals surface area contributed by atoms with Crippen LogP contribution in [0.15, 0.2) is 24.3 Å². The molecule has 0 aromatic rings. The molecule has 0 saturated carbocycles. The number of amides is 2. The van der Waals surface area contributed by atoms with Crippen molar-refractivity contribution in [1.82, 2.24) is 9.80 Å². The molecule has 414 valence electrons. The summed E-state index contributed by atoms with van der Waals surface area (Å²) in [6.45, 7) is 2.58. The van der Waals surface area contributed by atoms with Crippen molar-refractivity contribution in [2.45, 2.75) is 242 Å². The predicted molar refractivity (Wildman–Crippen MR) is 276 cm³/mol. The highest BCUT2D eigenvalue weighted by molar-refractivity contribution is 5.76. The first-order valence-corrected chi connectivity index (χ1v) is 27.5. The Morgan fingerprint density at radius 2 is 0.657 bits per heavy atom. The van der Waals surface area contributed by atoms with Crippen molar-refractivity contribution in [2.24, 2.45) is 0 Å². The summed E-state index contributed by atoms with van der Waals surface area (Å²) >= 11 is 0. The van der Waals surface area contributed by atoms with Gasteiger partial charge in [-0.15, -0.1) is 0 Å². The van der Waals surface area contributed by atoms with Gasteiger partial charge in [0.1, 0.15) is 48.8 Å². The third-order valence-electron chi connectivity index (χ3n) is 12.9. The fourth-order valence-corrected chi connectivity index (χ4v) is 8.11. The predicted octanol–water partition coefficient (Wildman–Crippen LogP) is 5.62. The number of unbranched alkanes of at least 4 members (excludes halogenated alkanes) is 22. The second-order valence-corrected chi connectivity index (χ2v) is 19.2. The number of carbonyl (C=O) groups excluding carboxylic acids is 2. The van der Waals surface area contributed by atoms with Crippen molar-refractivity contribution < 1.29 is 70.1 Å². The third-order valence-corrected chi connectivity index (χ3v) is 12.9. The lowest BCUT2D eigenvalue weighted by Gasteiger charge is -2.30. The van der Waals surface area contributed by atoms with Crippen molar-refractivity contribution >= 4 is 11.8 Å². The van der Waals surface area contributed by atoms with E-state index in [9.17, 15) is 60.7 Å². The Hall–Kier alpha value is -2.06. The molecule has 0 saturated heterocycles. The molecular formula is C54H104N2O14. The Bertz CT molecular complexity index is 1160. The normalized spacial score (nSPS) is 15.5. The van der Waals surface area contributed by atoms with E-state index in [1.165, 1.54) is 86.8 Å². The van der Waals surface area contributed by atoms with Crippen molar-refractivity contribution in [3.63, 3.8) is 0 Å². The summed E-state index contributed by atoms with van der Waals surface area (Å²) in [7, 11) is 0. The van der Waals surface area contributed by atoms with Crippen LogP contribution in [0.4, 0.5) is 0 Å². The Morgan fingerprint density at radius 1 is 0.386 bits per heavy atom. The Labute approximate surface area is 423 Å². The highest BCUT2D eigenvalue weighted by atomic mass is 16.5. The number of rotatable bonds is 51. The Kier molecular flexibility index (Phi) is 46.5. The van der Waals surface area contributed by atoms with E-state index in [-0.39, 0.29) is 77.3 Å². The van der Waals surface area contributed by atoms with Crippen molar-refractivity contribution in [3.8, 4) is 0 Å². The van der Waals surface area contributed by atoms with E-state index >= 15 is 0 Å². The lowest BCUT2D eigenvalue weighted by atomic mass is 10.0. The maximum absolute atomic E-state index is 13.3. The maximum atomic E-state index is 13.3. The summed E-state index contributed by atoms with van der Waals surface area (Å²) in [6.07, 6.45) is 24.8. The van der Waals surface area contributed by atoms with E-state index in [2.05, 4.69) is 38.2 Å². The van der Waals surface area contributed by atoms with Crippen molar-refractivity contribution in [1.29, 1.82) is 0 Å². The fraction of sp³-hybridized carbons (Fsp3) is 0.889. The van der Waals surface area contributed by atoms with E-state index in [4.69, 9.17) is 9.47 Å². The summed E-state index contributed by atoms with van der Waals surface area (Å²) in [5.74, 6) is -0.531. The van der Waals surface area contributed by atoms with Gasteiger partial charge in [0.2, 0.25) is 11.8 Å². The van der Waals surface area contributed by atoms with Crippen LogP contribution in [-0.4, -0.2) is 187 Å². The minimum absolute atomic E-state index is 0.0543. The summed E-state index contributed by atoms with van der Waals surface area (Å²) in [5.41, 5.74) is 0. The van der Waals surface area contributed by atoms with Gasteiger partial charge in [0.15, 0.2) is 0 Å². The standard InChI is InChI=1S/C54H104N2O14/c1-3-5-7-9-11-13-15-17-19-21-23-25-27-29-31-33-49(63)55(41-45(59)51(65)53(67)47(61)43-57)35-37-69-39-40-70-38-36-56(42-46(60)52(66)54(68)48(62)44-58)50(64)34-32-30-28-26-24-22-20-18-16-14-12-10-8-6-4-2/h17-20,45-48,51-54,57-62,65-68H,3-16,21-44H2,1-2H3/b19-17-,20-18-/t45-,46-,47+,48+,51+,52+,53+,54+/m0/s1. The third kappa shape index (κ3) is 36.8. The molecule has 16 heteroatoms. The zero-order chi connectivity index (χ0) is 52.0. The largest absolute Gasteiger partial charge is 0.394 e. The van der Waals surface area contributed by atoms with Gasteiger partial charge in [0, 0.05) is 39.0 Å². The number of hydrogen-bond acceptors (Lipinski definition) is 14. The number of allylic oxidation sites excluding steroid dienone is 4. The molecule has 70 heavy (non-hydrogen) atoms. The van der Waals surface area contributed by atoms with Gasteiger partial charge in [0.05, 0.1) is 39.6 Å². The molecule has 0 rings (SSSR count). The van der Waals surface area contributed by atoms with E-state index in [1.807, 2.05) is 0 Å². The number of nitrogens with zero attached hydrogens (tertiary/aromatic N) is 2. The molecule has 0 unspecified atom stereocenters. The van der Waals surface area contributed by atoms with E-state index in [0.717, 1.165) is 77.0 Å². The molecule has 0 aliphatic heterocycles. The first kappa shape index (κ1) is 67.9. The summed E-state index contributed by atoms with van der Waals surface area (Å²) in [5, 5.41) is 100. The van der Waals surface area contributed by atoms with Crippen LogP contribution in [0.2, 0.25) is 0 Å². The number of ether oxygens (including phenoxy) is 2. The fourth-order valence-electron chi connectivity index (χ4n) is 8.11. The summed E-state index contributed by atoms with van der Waals surface area (Å²) in [6, 6.07) is 0. The van der Waals surface area contributed by atoms with Gasteiger partial charge in [-0.25, -0.2) is 0 Å². The molecule has 0 bridgehead atoms. The highest BCUT2D eigenvalue weighted by Gasteiger charge is 2.33. The van der Waals surface area contributed by atoms with Crippen LogP contribution in [0, 0.1) is 0 Å². The van der Waals surface area contributed by atoms with Crippen LogP contribution in [0.25, 0.3) is 0 Å². The van der Waals surface area contributed by atoms with Crippen LogP contribution in [-0.2, 0) is 19.1 Å². The molecule has 16 nitrogen and oxygen atoms in total. The lowest BCUT2D eigenvalue weighted by molar-refractivity contribution is -0.141. The molecule has 0 aromatic carbocycles. The zero-order valence-corrected chi connectivity index (χ0v) is 43.8. The smallest absolute Gasteiger partial charge is 0.222 e. The van der Waals surface area contributed by atoms with Gasteiger partial charge in [-0.1, -0.05) is 141 Å². The van der Waals surface area contributed by atoms with Gasteiger partial charge < -0.3 is 70.3 Å². The monoisotopic (exact) mass is 1000 g/mol. The number of carbonyl (C=O) groups is 2. The van der Waals surface area contributed by atoms with Crippen LogP contribution in [0.1, 0.15) is 194 Å². The molecule has 2 amide bonds. The van der Waals surface area contributed by atoms with Gasteiger partial charge in [0.25, 0.3) is 0 Å². The van der Waals surface area contributed by atoms with Crippen LogP contribution in [0.5, 0.6) is 0 Å². The quantitative estimate of drug-likeness (QED) is 0.0262. The van der Waals surface area contributed by atoms with Gasteiger partial charge >= 0.3 is 0 Å². The van der Waals surface area contributed by atoms with Gasteiger partial charge in [-0.3, -0.25) is 9.59 Å². The molecule has 0 aromatic heterocycles. The van der Waals surface area contributed by atoms with E-state index in [0.29, 0.717) is 12.8 Å². The highest BCUT2D eigenvalue weighted by Crippen LogP contribution is 2.15. The van der Waals surface area contributed by atoms with Gasteiger partial charge in [-0.05, 0) is 64.2 Å². The average Bonchev–Trinajstić information content (AvgIpc) is 3.36. The molecular weight excluding hydrogens is 901 g/mol. The van der Waals surface area contributed by atoms with Crippen LogP contribution in [0.3, 0.4) is 0 Å². The lowest BCUT2D eigenvalue weighted by Crippen LogP contribution is -2.51. The first-order valence-electron chi connectivity index (χ1n) is 27.5. The molecule has 0 fully saturated rings. The van der Waals surface area contributed by atoms with E-state index in [1.54, 1.807) is 0 Å². The minimum Gasteiger partial charge on any atom is -0.394 e. The summed E-state index contributed by atoms with van der Waals surface area (Å²) in [4.78, 5) is 29.3. The summed E-state index contributed by atoms with van der Waals surface area (Å²) < 4.78 is 11.4. The SMILES string of the molecule is CCCCCCCC/C=C\CCCCCCCC(=O)N(CCOCCOCCN(C[C@H](O)[C@@H](O)[C@H](O)[C@H](O)CO)C(=O)CCCCCCC/C=C\CCCCCCCC)C[C@H](O)[C@@H](O)[C@H](O)[C@H](O)CO. The molecule has 0 aliphatic rings. The molecule has 10 N–H and O–H groups in total. The minimum atomic E-state index is -1.83. The zero-order valence-electron chi connectivity index (χ0n) is 43.8. The first-order chi connectivity index (χ1) is 33.9. The molecule has 0 heterocycles. The molecule has 8 atom stereocenters. The maximum Gasteiger partial charge on any atom is 0.222 e.